The summed E-state index contributed by atoms with van der Waals surface area (Å²) in [5.41, 5.74) is 3.58. The molecule has 2 aliphatic rings. The van der Waals surface area contributed by atoms with E-state index in [1.807, 2.05) is 49.3 Å². The van der Waals surface area contributed by atoms with Crippen molar-refractivity contribution in [1.29, 1.82) is 0 Å². The lowest BCUT2D eigenvalue weighted by Gasteiger charge is -2.35. The van der Waals surface area contributed by atoms with Crippen LogP contribution in [-0.4, -0.2) is 60.9 Å². The smallest absolute Gasteiger partial charge is 0.225 e. The zero-order valence-corrected chi connectivity index (χ0v) is 19.3. The summed E-state index contributed by atoms with van der Waals surface area (Å²) in [5.74, 6) is 0.606. The fourth-order valence-electron chi connectivity index (χ4n) is 3.97. The number of amidine groups is 1. The predicted molar refractivity (Wildman–Crippen MR) is 129 cm³/mol. The van der Waals surface area contributed by atoms with Crippen molar-refractivity contribution in [2.45, 2.75) is 32.3 Å². The first-order valence-corrected chi connectivity index (χ1v) is 11.5. The van der Waals surface area contributed by atoms with Crippen molar-refractivity contribution in [3.05, 3.63) is 71.7 Å². The second kappa shape index (κ2) is 10.6. The average molecular weight is 451 g/mol. The summed E-state index contributed by atoms with van der Waals surface area (Å²) in [6.45, 7) is 4.59. The zero-order valence-electron chi connectivity index (χ0n) is 19.3. The second-order valence-electron chi connectivity index (χ2n) is 8.65. The molecular formula is C26H31FN4O2. The van der Waals surface area contributed by atoms with Crippen molar-refractivity contribution in [3.63, 3.8) is 0 Å². The molecule has 2 heterocycles. The summed E-state index contributed by atoms with van der Waals surface area (Å²) < 4.78 is 19.2. The second-order valence-corrected chi connectivity index (χ2v) is 8.65. The predicted octanol–water partition coefficient (Wildman–Crippen LogP) is 4.29. The normalized spacial score (nSPS) is 20.4. The Hall–Kier alpha value is -3.19. The van der Waals surface area contributed by atoms with E-state index in [2.05, 4.69) is 10.2 Å². The number of carbonyl (C=O) groups is 1. The number of hydrogen-bond donors (Lipinski definition) is 1. The topological polar surface area (TPSA) is 57.2 Å². The van der Waals surface area contributed by atoms with Gasteiger partial charge in [0.05, 0.1) is 24.8 Å². The number of aliphatic imine (C=N–C) groups is 1. The third-order valence-electron chi connectivity index (χ3n) is 6.07. The third-order valence-corrected chi connectivity index (χ3v) is 6.07. The van der Waals surface area contributed by atoms with Gasteiger partial charge in [-0.15, -0.1) is 0 Å². The van der Waals surface area contributed by atoms with Gasteiger partial charge in [0.15, 0.2) is 0 Å². The SMILES string of the molecule is Cc1ccc(N/C=C(/N=C2CN(C(=O)CC3CCCO3)CCN2C)c2ccc(F)cc2)cc1. The van der Waals surface area contributed by atoms with E-state index in [0.29, 0.717) is 31.8 Å². The van der Waals surface area contributed by atoms with Crippen LogP contribution in [-0.2, 0) is 9.53 Å². The van der Waals surface area contributed by atoms with Gasteiger partial charge >= 0.3 is 0 Å². The summed E-state index contributed by atoms with van der Waals surface area (Å²) >= 11 is 0. The number of likely N-dealkylation sites (N-methyl/N-ethyl adjacent to an activating group) is 1. The fourth-order valence-corrected chi connectivity index (χ4v) is 3.97. The molecule has 1 unspecified atom stereocenters. The summed E-state index contributed by atoms with van der Waals surface area (Å²) in [5, 5.41) is 3.29. The molecule has 1 amide bonds. The van der Waals surface area contributed by atoms with Crippen molar-refractivity contribution >= 4 is 23.1 Å². The third kappa shape index (κ3) is 6.20. The molecule has 2 aromatic rings. The lowest BCUT2D eigenvalue weighted by molar-refractivity contribution is -0.133. The van der Waals surface area contributed by atoms with Crippen LogP contribution in [0.4, 0.5) is 10.1 Å². The van der Waals surface area contributed by atoms with Crippen LogP contribution in [0.5, 0.6) is 0 Å². The van der Waals surface area contributed by atoms with Crippen molar-refractivity contribution in [2.24, 2.45) is 4.99 Å². The number of nitrogens with one attached hydrogen (secondary N) is 1. The van der Waals surface area contributed by atoms with Gasteiger partial charge in [-0.2, -0.15) is 0 Å². The van der Waals surface area contributed by atoms with Gasteiger partial charge in [0, 0.05) is 44.2 Å². The number of anilines is 1. The monoisotopic (exact) mass is 450 g/mol. The van der Waals surface area contributed by atoms with Gasteiger partial charge < -0.3 is 19.9 Å². The maximum Gasteiger partial charge on any atom is 0.225 e. The summed E-state index contributed by atoms with van der Waals surface area (Å²) in [4.78, 5) is 21.7. The molecule has 0 bridgehead atoms. The van der Waals surface area contributed by atoms with Crippen LogP contribution in [0.15, 0.2) is 59.7 Å². The van der Waals surface area contributed by atoms with Crippen molar-refractivity contribution < 1.29 is 13.9 Å². The lowest BCUT2D eigenvalue weighted by atomic mass is 10.1. The molecule has 1 atom stereocenters. The molecule has 174 valence electrons. The van der Waals surface area contributed by atoms with Crippen LogP contribution in [0.1, 0.15) is 30.4 Å². The standard InChI is InChI=1S/C26H31FN4O2/c1-19-5-11-22(12-6-19)28-17-24(20-7-9-21(27)10-8-20)29-25-18-31(14-13-30(25)2)26(32)16-23-4-3-15-33-23/h5-12,17,23,28H,3-4,13-16,18H2,1-2H3/b24-17+,29-25?. The Kier molecular flexibility index (Phi) is 7.40. The molecule has 0 radical (unpaired) electrons. The number of rotatable bonds is 6. The Bertz CT molecular complexity index is 1010. The average Bonchev–Trinajstić information content (AvgIpc) is 3.32. The van der Waals surface area contributed by atoms with E-state index >= 15 is 0 Å². The maximum atomic E-state index is 13.5. The molecule has 7 heteroatoms. The lowest BCUT2D eigenvalue weighted by Crippen LogP contribution is -2.51. The number of hydrogen-bond acceptors (Lipinski definition) is 4. The number of piperazine rings is 1. The quantitative estimate of drug-likeness (QED) is 0.714. The zero-order chi connectivity index (χ0) is 23.2. The van der Waals surface area contributed by atoms with E-state index < -0.39 is 0 Å². The Labute approximate surface area is 194 Å². The van der Waals surface area contributed by atoms with Gasteiger partial charge in [-0.3, -0.25) is 4.79 Å². The van der Waals surface area contributed by atoms with E-state index in [0.717, 1.165) is 36.5 Å². The molecular weight excluding hydrogens is 419 g/mol. The van der Waals surface area contributed by atoms with Crippen molar-refractivity contribution in [1.82, 2.24) is 9.80 Å². The van der Waals surface area contributed by atoms with Crippen LogP contribution in [0.3, 0.4) is 0 Å². The maximum absolute atomic E-state index is 13.5. The molecule has 2 saturated heterocycles. The minimum atomic E-state index is -0.294. The number of halogens is 1. The molecule has 0 aliphatic carbocycles. The van der Waals surface area contributed by atoms with E-state index in [1.165, 1.54) is 17.7 Å². The Morgan fingerprint density at radius 2 is 1.94 bits per heavy atom. The summed E-state index contributed by atoms with van der Waals surface area (Å²) in [6.07, 6.45) is 4.25. The van der Waals surface area contributed by atoms with Crippen LogP contribution >= 0.6 is 0 Å². The number of nitrogens with zero attached hydrogens (tertiary/aromatic N) is 3. The van der Waals surface area contributed by atoms with E-state index in [1.54, 1.807) is 12.1 Å². The number of aryl methyl sites for hydroxylation is 1. The highest BCUT2D eigenvalue weighted by molar-refractivity contribution is 5.93. The molecule has 2 aromatic carbocycles. The minimum absolute atomic E-state index is 0.0333. The highest BCUT2D eigenvalue weighted by Gasteiger charge is 2.27. The van der Waals surface area contributed by atoms with Gasteiger partial charge in [-0.05, 0) is 56.2 Å². The van der Waals surface area contributed by atoms with Crippen molar-refractivity contribution in [3.8, 4) is 0 Å². The fraction of sp³-hybridized carbons (Fsp3) is 0.385. The number of benzene rings is 2. The molecule has 0 saturated carbocycles. The Morgan fingerprint density at radius 1 is 1.18 bits per heavy atom. The van der Waals surface area contributed by atoms with Gasteiger partial charge in [-0.1, -0.05) is 17.7 Å². The minimum Gasteiger partial charge on any atom is -0.378 e. The van der Waals surface area contributed by atoms with Crippen LogP contribution in [0.25, 0.3) is 5.70 Å². The van der Waals surface area contributed by atoms with Crippen LogP contribution in [0, 0.1) is 12.7 Å². The number of carbonyl (C=O) groups excluding carboxylic acids is 1. The molecule has 6 nitrogen and oxygen atoms in total. The molecule has 4 rings (SSSR count). The molecule has 0 aromatic heterocycles. The molecule has 33 heavy (non-hydrogen) atoms. The summed E-state index contributed by atoms with van der Waals surface area (Å²) in [7, 11) is 1.98. The highest BCUT2D eigenvalue weighted by Crippen LogP contribution is 2.21. The molecule has 2 aliphatic heterocycles. The first-order valence-electron chi connectivity index (χ1n) is 11.5. The largest absolute Gasteiger partial charge is 0.378 e. The van der Waals surface area contributed by atoms with Crippen LogP contribution in [0.2, 0.25) is 0 Å². The van der Waals surface area contributed by atoms with Gasteiger partial charge in [0.1, 0.15) is 11.7 Å². The number of amides is 1. The summed E-state index contributed by atoms with van der Waals surface area (Å²) in [6, 6.07) is 14.3. The van der Waals surface area contributed by atoms with Gasteiger partial charge in [-0.25, -0.2) is 9.38 Å². The first kappa shape index (κ1) is 23.0. The Balaban J connectivity index is 1.55. The van der Waals surface area contributed by atoms with Gasteiger partial charge in [0.2, 0.25) is 5.91 Å². The molecule has 0 spiro atoms. The number of ether oxygens (including phenoxy) is 1. The Morgan fingerprint density at radius 3 is 2.64 bits per heavy atom. The first-order chi connectivity index (χ1) is 16.0. The van der Waals surface area contributed by atoms with E-state index in [9.17, 15) is 9.18 Å². The highest BCUT2D eigenvalue weighted by atomic mass is 19.1. The van der Waals surface area contributed by atoms with Gasteiger partial charge in [0.25, 0.3) is 0 Å². The van der Waals surface area contributed by atoms with Crippen molar-refractivity contribution in [2.75, 3.05) is 38.6 Å². The molecule has 2 fully saturated rings. The molecule has 1 N–H and O–H groups in total. The van der Waals surface area contributed by atoms with E-state index in [4.69, 9.17) is 9.73 Å². The van der Waals surface area contributed by atoms with E-state index in [-0.39, 0.29) is 17.8 Å². The van der Waals surface area contributed by atoms with Crippen LogP contribution < -0.4 is 5.32 Å².